The summed E-state index contributed by atoms with van der Waals surface area (Å²) in [5, 5.41) is 21.7. The zero-order chi connectivity index (χ0) is 13.8. The molecule has 0 aliphatic heterocycles. The van der Waals surface area contributed by atoms with Crippen molar-refractivity contribution in [1.29, 1.82) is 5.26 Å². The van der Waals surface area contributed by atoms with Crippen LogP contribution in [0, 0.1) is 17.2 Å². The van der Waals surface area contributed by atoms with Crippen molar-refractivity contribution >= 4 is 23.3 Å². The lowest BCUT2D eigenvalue weighted by atomic mass is 9.84. The summed E-state index contributed by atoms with van der Waals surface area (Å²) in [7, 11) is 0. The number of anilines is 1. The fourth-order valence-corrected chi connectivity index (χ4v) is 2.74. The minimum atomic E-state index is -0.762. The zero-order valence-electron chi connectivity index (χ0n) is 10.4. The van der Waals surface area contributed by atoms with Crippen molar-refractivity contribution in [2.75, 3.05) is 5.32 Å². The second-order valence-electron chi connectivity index (χ2n) is 4.79. The van der Waals surface area contributed by atoms with Crippen LogP contribution in [0.5, 0.6) is 0 Å². The maximum Gasteiger partial charge on any atom is 0.308 e. The van der Waals surface area contributed by atoms with Gasteiger partial charge in [-0.2, -0.15) is 5.26 Å². The van der Waals surface area contributed by atoms with E-state index in [2.05, 4.69) is 5.32 Å². The molecule has 2 unspecified atom stereocenters. The number of aliphatic carboxylic acids is 1. The summed E-state index contributed by atoms with van der Waals surface area (Å²) >= 11 is 6.09. The number of benzene rings is 1. The van der Waals surface area contributed by atoms with Gasteiger partial charge in [0.2, 0.25) is 0 Å². The Bertz CT molecular complexity index is 525. The van der Waals surface area contributed by atoms with Crippen LogP contribution in [0.2, 0.25) is 5.02 Å². The van der Waals surface area contributed by atoms with E-state index < -0.39 is 5.97 Å². The van der Waals surface area contributed by atoms with E-state index in [0.717, 1.165) is 19.3 Å². The van der Waals surface area contributed by atoms with Crippen molar-refractivity contribution < 1.29 is 9.90 Å². The van der Waals surface area contributed by atoms with Gasteiger partial charge in [0.25, 0.3) is 0 Å². The maximum atomic E-state index is 11.2. The van der Waals surface area contributed by atoms with Crippen LogP contribution in [0.1, 0.15) is 31.2 Å². The fraction of sp³-hybridized carbons (Fsp3) is 0.429. The van der Waals surface area contributed by atoms with Crippen LogP contribution in [-0.2, 0) is 4.79 Å². The predicted octanol–water partition coefficient (Wildman–Crippen LogP) is 3.27. The van der Waals surface area contributed by atoms with Gasteiger partial charge in [-0.1, -0.05) is 24.4 Å². The van der Waals surface area contributed by atoms with Crippen molar-refractivity contribution in [3.63, 3.8) is 0 Å². The van der Waals surface area contributed by atoms with Gasteiger partial charge in [-0.3, -0.25) is 4.79 Å². The summed E-state index contributed by atoms with van der Waals surface area (Å²) in [5.41, 5.74) is 1.19. The van der Waals surface area contributed by atoms with Gasteiger partial charge in [-0.05, 0) is 31.0 Å². The normalized spacial score (nSPS) is 22.5. The number of carboxylic acids is 1. The molecule has 4 nitrogen and oxygen atoms in total. The number of rotatable bonds is 3. The van der Waals surface area contributed by atoms with E-state index in [0.29, 0.717) is 22.7 Å². The van der Waals surface area contributed by atoms with Crippen LogP contribution < -0.4 is 5.32 Å². The van der Waals surface area contributed by atoms with E-state index in [9.17, 15) is 9.90 Å². The second-order valence-corrected chi connectivity index (χ2v) is 5.19. The van der Waals surface area contributed by atoms with Gasteiger partial charge in [0.1, 0.15) is 0 Å². The van der Waals surface area contributed by atoms with Gasteiger partial charge in [0.05, 0.1) is 28.3 Å². The molecule has 5 heteroatoms. The monoisotopic (exact) mass is 278 g/mol. The number of hydrogen-bond acceptors (Lipinski definition) is 3. The summed E-state index contributed by atoms with van der Waals surface area (Å²) < 4.78 is 0. The highest BCUT2D eigenvalue weighted by molar-refractivity contribution is 6.33. The highest BCUT2D eigenvalue weighted by atomic mass is 35.5. The maximum absolute atomic E-state index is 11.2. The predicted molar refractivity (Wildman–Crippen MR) is 73.2 cm³/mol. The van der Waals surface area contributed by atoms with Crippen molar-refractivity contribution in [1.82, 2.24) is 0 Å². The van der Waals surface area contributed by atoms with Crippen LogP contribution in [0.15, 0.2) is 18.2 Å². The van der Waals surface area contributed by atoms with E-state index in [4.69, 9.17) is 16.9 Å². The Balaban J connectivity index is 2.15. The van der Waals surface area contributed by atoms with Crippen LogP contribution in [0.3, 0.4) is 0 Å². The van der Waals surface area contributed by atoms with Crippen LogP contribution in [0.25, 0.3) is 0 Å². The van der Waals surface area contributed by atoms with Crippen molar-refractivity contribution in [3.05, 3.63) is 28.8 Å². The number of carboxylic acid groups (broad SMARTS) is 1. The molecule has 2 N–H and O–H groups in total. The van der Waals surface area contributed by atoms with E-state index in [1.54, 1.807) is 18.2 Å². The Labute approximate surface area is 117 Å². The largest absolute Gasteiger partial charge is 0.481 e. The Morgan fingerprint density at radius 3 is 2.79 bits per heavy atom. The Morgan fingerprint density at radius 2 is 2.16 bits per heavy atom. The van der Waals surface area contributed by atoms with Crippen molar-refractivity contribution in [3.8, 4) is 6.07 Å². The second kappa shape index (κ2) is 5.94. The molecular weight excluding hydrogens is 264 g/mol. The highest BCUT2D eigenvalue weighted by Crippen LogP contribution is 2.30. The molecule has 1 aromatic rings. The van der Waals surface area contributed by atoms with Crippen molar-refractivity contribution in [2.24, 2.45) is 5.92 Å². The van der Waals surface area contributed by atoms with E-state index in [1.807, 2.05) is 6.07 Å². The summed E-state index contributed by atoms with van der Waals surface area (Å²) in [4.78, 5) is 11.2. The highest BCUT2D eigenvalue weighted by Gasteiger charge is 2.30. The molecule has 0 aromatic heterocycles. The van der Waals surface area contributed by atoms with E-state index in [1.165, 1.54) is 0 Å². The van der Waals surface area contributed by atoms with Gasteiger partial charge >= 0.3 is 5.97 Å². The quantitative estimate of drug-likeness (QED) is 0.890. The molecule has 0 radical (unpaired) electrons. The lowest BCUT2D eigenvalue weighted by Gasteiger charge is -2.30. The Kier molecular flexibility index (Phi) is 4.28. The number of carbonyl (C=O) groups is 1. The lowest BCUT2D eigenvalue weighted by molar-refractivity contribution is -0.143. The standard InChI is InChI=1S/C14H15ClN2O2/c15-11-7-9(8-16)5-6-13(11)17-12-4-2-1-3-10(12)14(18)19/h5-7,10,12,17H,1-4H2,(H,18,19). The molecule has 1 saturated carbocycles. The minimum absolute atomic E-state index is 0.100. The third kappa shape index (κ3) is 3.18. The summed E-state index contributed by atoms with van der Waals surface area (Å²) in [6.07, 6.45) is 3.50. The third-order valence-electron chi connectivity index (χ3n) is 3.52. The van der Waals surface area contributed by atoms with Crippen LogP contribution in [0.4, 0.5) is 5.69 Å². The third-order valence-corrected chi connectivity index (χ3v) is 3.83. The molecular formula is C14H15ClN2O2. The minimum Gasteiger partial charge on any atom is -0.481 e. The molecule has 0 spiro atoms. The summed E-state index contributed by atoms with van der Waals surface area (Å²) in [5.74, 6) is -1.14. The lowest BCUT2D eigenvalue weighted by Crippen LogP contribution is -2.37. The SMILES string of the molecule is N#Cc1ccc(NC2CCCCC2C(=O)O)c(Cl)c1. The molecule has 100 valence electrons. The smallest absolute Gasteiger partial charge is 0.308 e. The molecule has 1 aliphatic rings. The molecule has 2 rings (SSSR count). The first-order valence-corrected chi connectivity index (χ1v) is 6.68. The molecule has 0 bridgehead atoms. The molecule has 1 fully saturated rings. The zero-order valence-corrected chi connectivity index (χ0v) is 11.2. The van der Waals surface area contributed by atoms with Gasteiger partial charge in [-0.15, -0.1) is 0 Å². The number of halogens is 1. The fourth-order valence-electron chi connectivity index (χ4n) is 2.50. The number of nitrogens with one attached hydrogen (secondary N) is 1. The average Bonchev–Trinajstić information content (AvgIpc) is 2.41. The van der Waals surface area contributed by atoms with Crippen LogP contribution >= 0.6 is 11.6 Å². The van der Waals surface area contributed by atoms with Gasteiger partial charge in [-0.25, -0.2) is 0 Å². The van der Waals surface area contributed by atoms with Gasteiger partial charge in [0.15, 0.2) is 0 Å². The first-order chi connectivity index (χ1) is 9.11. The molecule has 1 aromatic carbocycles. The number of nitriles is 1. The molecule has 1 aliphatic carbocycles. The van der Waals surface area contributed by atoms with E-state index >= 15 is 0 Å². The number of hydrogen-bond donors (Lipinski definition) is 2. The first kappa shape index (κ1) is 13.7. The van der Waals surface area contributed by atoms with Gasteiger partial charge < -0.3 is 10.4 Å². The van der Waals surface area contributed by atoms with Crippen molar-refractivity contribution in [2.45, 2.75) is 31.7 Å². The van der Waals surface area contributed by atoms with Gasteiger partial charge in [0, 0.05) is 6.04 Å². The van der Waals surface area contributed by atoms with Crippen LogP contribution in [-0.4, -0.2) is 17.1 Å². The Morgan fingerprint density at radius 1 is 1.42 bits per heavy atom. The van der Waals surface area contributed by atoms with E-state index in [-0.39, 0.29) is 12.0 Å². The number of nitrogens with zero attached hydrogens (tertiary/aromatic N) is 1. The molecule has 0 saturated heterocycles. The average molecular weight is 279 g/mol. The Hall–Kier alpha value is -1.73. The summed E-state index contributed by atoms with van der Waals surface area (Å²) in [6.45, 7) is 0. The molecule has 19 heavy (non-hydrogen) atoms. The molecule has 2 atom stereocenters. The topological polar surface area (TPSA) is 73.1 Å². The summed E-state index contributed by atoms with van der Waals surface area (Å²) in [6, 6.07) is 6.91. The molecule has 0 amide bonds. The molecule has 0 heterocycles. The first-order valence-electron chi connectivity index (χ1n) is 6.31.